The number of carbonyl (C=O) groups excluding carboxylic acids is 1. The molecule has 1 atom stereocenters. The first-order valence-corrected chi connectivity index (χ1v) is 4.10. The molecule has 0 aliphatic heterocycles. The maximum Gasteiger partial charge on any atom is 0.312 e. The van der Waals surface area contributed by atoms with Gasteiger partial charge < -0.3 is 10.4 Å². The van der Waals surface area contributed by atoms with E-state index in [0.717, 1.165) is 12.8 Å². The van der Waals surface area contributed by atoms with Crippen molar-refractivity contribution in [2.45, 2.75) is 32.2 Å². The summed E-state index contributed by atoms with van der Waals surface area (Å²) in [5.74, 6) is -0.889. The molecule has 0 saturated heterocycles. The van der Waals surface area contributed by atoms with E-state index in [1.165, 1.54) is 0 Å². The second-order valence-corrected chi connectivity index (χ2v) is 3.26. The van der Waals surface area contributed by atoms with Gasteiger partial charge in [0.25, 0.3) is 0 Å². The monoisotopic (exact) mass is 171 g/mol. The molecule has 1 unspecified atom stereocenters. The summed E-state index contributed by atoms with van der Waals surface area (Å²) in [7, 11) is 0. The van der Waals surface area contributed by atoms with Crippen LogP contribution in [0, 0.1) is 5.92 Å². The van der Waals surface area contributed by atoms with Crippen LogP contribution in [0.3, 0.4) is 0 Å². The fraction of sp³-hybridized carbons (Fsp3) is 0.750. The summed E-state index contributed by atoms with van der Waals surface area (Å²) in [6.07, 6.45) is 1.88. The van der Waals surface area contributed by atoms with Crippen molar-refractivity contribution in [2.75, 3.05) is 0 Å². The van der Waals surface area contributed by atoms with Gasteiger partial charge in [0.15, 0.2) is 0 Å². The summed E-state index contributed by atoms with van der Waals surface area (Å²) < 4.78 is 0. The third-order valence-corrected chi connectivity index (χ3v) is 2.03. The third kappa shape index (κ3) is 2.90. The van der Waals surface area contributed by atoms with Gasteiger partial charge in [0.1, 0.15) is 6.42 Å². The molecule has 0 spiro atoms. The quantitative estimate of drug-likeness (QED) is 0.601. The molecular weight excluding hydrogens is 158 g/mol. The number of carbonyl (C=O) groups is 2. The number of aliphatic carboxylic acids is 1. The number of rotatable bonds is 4. The van der Waals surface area contributed by atoms with Crippen LogP contribution in [0.15, 0.2) is 0 Å². The molecule has 1 fully saturated rings. The van der Waals surface area contributed by atoms with E-state index in [-0.39, 0.29) is 11.9 Å². The highest BCUT2D eigenvalue weighted by Crippen LogP contribution is 2.32. The van der Waals surface area contributed by atoms with Crippen molar-refractivity contribution in [1.82, 2.24) is 5.32 Å². The fourth-order valence-electron chi connectivity index (χ4n) is 1.16. The minimum Gasteiger partial charge on any atom is -0.481 e. The van der Waals surface area contributed by atoms with Crippen LogP contribution in [0.25, 0.3) is 0 Å². The summed E-state index contributed by atoms with van der Waals surface area (Å²) in [5.41, 5.74) is 0. The first kappa shape index (κ1) is 9.03. The molecule has 1 aliphatic carbocycles. The van der Waals surface area contributed by atoms with Gasteiger partial charge in [-0.05, 0) is 25.7 Å². The number of nitrogens with one attached hydrogen (secondary N) is 1. The molecule has 0 aromatic heterocycles. The van der Waals surface area contributed by atoms with E-state index in [9.17, 15) is 9.59 Å². The molecule has 4 heteroatoms. The van der Waals surface area contributed by atoms with Crippen LogP contribution in [0.1, 0.15) is 26.2 Å². The lowest BCUT2D eigenvalue weighted by Crippen LogP contribution is -2.35. The Morgan fingerprint density at radius 2 is 2.17 bits per heavy atom. The normalized spacial score (nSPS) is 18.4. The molecule has 12 heavy (non-hydrogen) atoms. The zero-order chi connectivity index (χ0) is 9.14. The molecule has 0 bridgehead atoms. The molecule has 0 aromatic carbocycles. The molecule has 0 radical (unpaired) electrons. The minimum atomic E-state index is -1.07. The van der Waals surface area contributed by atoms with Crippen molar-refractivity contribution in [3.63, 3.8) is 0 Å². The summed E-state index contributed by atoms with van der Waals surface area (Å²) in [4.78, 5) is 21.0. The second-order valence-electron chi connectivity index (χ2n) is 3.26. The van der Waals surface area contributed by atoms with Gasteiger partial charge in [-0.1, -0.05) is 0 Å². The Morgan fingerprint density at radius 3 is 2.58 bits per heavy atom. The predicted molar refractivity (Wildman–Crippen MR) is 42.6 cm³/mol. The molecule has 2 N–H and O–H groups in total. The van der Waals surface area contributed by atoms with Crippen LogP contribution in [0.4, 0.5) is 0 Å². The Balaban J connectivity index is 2.20. The summed E-state index contributed by atoms with van der Waals surface area (Å²) >= 11 is 0. The van der Waals surface area contributed by atoms with Gasteiger partial charge in [-0.3, -0.25) is 9.59 Å². The van der Waals surface area contributed by atoms with Crippen LogP contribution < -0.4 is 5.32 Å². The Kier molecular flexibility index (Phi) is 2.68. The highest BCUT2D eigenvalue weighted by molar-refractivity contribution is 5.93. The van der Waals surface area contributed by atoms with Crippen molar-refractivity contribution in [1.29, 1.82) is 0 Å². The zero-order valence-electron chi connectivity index (χ0n) is 7.04. The maximum absolute atomic E-state index is 10.9. The molecular formula is C8H13NO3. The Bertz CT molecular complexity index is 198. The second kappa shape index (κ2) is 3.56. The minimum absolute atomic E-state index is 0.136. The molecule has 1 aliphatic rings. The van der Waals surface area contributed by atoms with Crippen molar-refractivity contribution in [3.8, 4) is 0 Å². The van der Waals surface area contributed by atoms with Gasteiger partial charge in [-0.2, -0.15) is 0 Å². The standard InChI is InChI=1S/C8H13NO3/c1-5(6-2-3-6)9-7(10)4-8(11)12/h5-6H,2-4H2,1H3,(H,9,10)(H,11,12). The highest BCUT2D eigenvalue weighted by atomic mass is 16.4. The summed E-state index contributed by atoms with van der Waals surface area (Å²) in [6, 6.07) is 0.136. The topological polar surface area (TPSA) is 66.4 Å². The van der Waals surface area contributed by atoms with Gasteiger partial charge in [0.05, 0.1) is 0 Å². The number of carboxylic acid groups (broad SMARTS) is 1. The largest absolute Gasteiger partial charge is 0.481 e. The maximum atomic E-state index is 10.9. The van der Waals surface area contributed by atoms with E-state index >= 15 is 0 Å². The Morgan fingerprint density at radius 1 is 1.58 bits per heavy atom. The molecule has 1 rings (SSSR count). The van der Waals surface area contributed by atoms with Gasteiger partial charge >= 0.3 is 5.97 Å². The van der Waals surface area contributed by atoms with Gasteiger partial charge in [-0.25, -0.2) is 0 Å². The number of amides is 1. The number of hydrogen-bond acceptors (Lipinski definition) is 2. The van der Waals surface area contributed by atoms with E-state index in [1.54, 1.807) is 0 Å². The van der Waals surface area contributed by atoms with Crippen molar-refractivity contribution >= 4 is 11.9 Å². The molecule has 1 amide bonds. The zero-order valence-corrected chi connectivity index (χ0v) is 7.04. The molecule has 68 valence electrons. The van der Waals surface area contributed by atoms with Crippen LogP contribution in [-0.2, 0) is 9.59 Å². The molecule has 1 saturated carbocycles. The molecule has 0 heterocycles. The first-order chi connectivity index (χ1) is 5.59. The van der Waals surface area contributed by atoms with Crippen molar-refractivity contribution in [3.05, 3.63) is 0 Å². The Hall–Kier alpha value is -1.06. The third-order valence-electron chi connectivity index (χ3n) is 2.03. The van der Waals surface area contributed by atoms with E-state index in [4.69, 9.17) is 5.11 Å². The Labute approximate surface area is 71.0 Å². The van der Waals surface area contributed by atoms with Crippen molar-refractivity contribution in [2.24, 2.45) is 5.92 Å². The average molecular weight is 171 g/mol. The number of carboxylic acids is 1. The van der Waals surface area contributed by atoms with Gasteiger partial charge in [0, 0.05) is 6.04 Å². The lowest BCUT2D eigenvalue weighted by Gasteiger charge is -2.10. The van der Waals surface area contributed by atoms with E-state index < -0.39 is 12.4 Å². The van der Waals surface area contributed by atoms with Crippen LogP contribution in [0.2, 0.25) is 0 Å². The van der Waals surface area contributed by atoms with E-state index in [1.807, 2.05) is 6.92 Å². The number of hydrogen-bond donors (Lipinski definition) is 2. The van der Waals surface area contributed by atoms with Gasteiger partial charge in [0.2, 0.25) is 5.91 Å². The fourth-order valence-corrected chi connectivity index (χ4v) is 1.16. The van der Waals surface area contributed by atoms with Crippen LogP contribution >= 0.6 is 0 Å². The highest BCUT2D eigenvalue weighted by Gasteiger charge is 2.28. The lowest BCUT2D eigenvalue weighted by molar-refractivity contribution is -0.140. The predicted octanol–water partition coefficient (Wildman–Crippen LogP) is 0.376. The van der Waals surface area contributed by atoms with E-state index in [2.05, 4.69) is 5.32 Å². The molecule has 4 nitrogen and oxygen atoms in total. The first-order valence-electron chi connectivity index (χ1n) is 4.10. The van der Waals surface area contributed by atoms with Crippen LogP contribution in [-0.4, -0.2) is 23.0 Å². The smallest absolute Gasteiger partial charge is 0.312 e. The van der Waals surface area contributed by atoms with Crippen LogP contribution in [0.5, 0.6) is 0 Å². The van der Waals surface area contributed by atoms with Gasteiger partial charge in [-0.15, -0.1) is 0 Å². The lowest BCUT2D eigenvalue weighted by atomic mass is 10.2. The summed E-state index contributed by atoms with van der Waals surface area (Å²) in [5, 5.41) is 10.9. The van der Waals surface area contributed by atoms with Crippen molar-refractivity contribution < 1.29 is 14.7 Å². The summed E-state index contributed by atoms with van der Waals surface area (Å²) in [6.45, 7) is 1.91. The molecule has 0 aromatic rings. The average Bonchev–Trinajstić information content (AvgIpc) is 2.63. The SMILES string of the molecule is CC(NC(=O)CC(=O)O)C1CC1. The van der Waals surface area contributed by atoms with E-state index in [0.29, 0.717) is 5.92 Å².